The molecule has 0 radical (unpaired) electrons. The number of aryl methyl sites for hydroxylation is 8. The third-order valence-electron chi connectivity index (χ3n) is 9.09. The summed E-state index contributed by atoms with van der Waals surface area (Å²) >= 11 is 0. The second kappa shape index (κ2) is 10.1. The van der Waals surface area contributed by atoms with Crippen molar-refractivity contribution in [2.24, 2.45) is 0 Å². The summed E-state index contributed by atoms with van der Waals surface area (Å²) in [6.45, 7) is 15.3. The summed E-state index contributed by atoms with van der Waals surface area (Å²) in [4.78, 5) is 0. The number of phenolic OH excluding ortho intramolecular Hbond substituents is 4. The molecule has 4 heteroatoms. The highest BCUT2D eigenvalue weighted by Crippen LogP contribution is 2.49. The molecule has 0 saturated carbocycles. The predicted octanol–water partition coefficient (Wildman–Crippen LogP) is 8.37. The summed E-state index contributed by atoms with van der Waals surface area (Å²) in [5.74, 6) is 1.15. The number of benzene rings is 4. The quantitative estimate of drug-likeness (QED) is 0.189. The Hall–Kier alpha value is -4.44. The zero-order chi connectivity index (χ0) is 30.7. The SMILES string of the molecule is Cc1cc(C2(c3cc(C)c(O)c(C)c3)C=CC(c3cc(C)c(O)c(C)c3)(c3cc(C)c(O)c(C)c3)C=C2)cc(C)c1O. The van der Waals surface area contributed by atoms with Crippen molar-refractivity contribution in [3.8, 4) is 23.0 Å². The van der Waals surface area contributed by atoms with Gasteiger partial charge in [0.1, 0.15) is 23.0 Å². The third-order valence-corrected chi connectivity index (χ3v) is 9.09. The van der Waals surface area contributed by atoms with Crippen LogP contribution < -0.4 is 0 Å². The fourth-order valence-corrected chi connectivity index (χ4v) is 6.52. The van der Waals surface area contributed by atoms with Crippen LogP contribution in [0, 0.1) is 55.4 Å². The zero-order valence-corrected chi connectivity index (χ0v) is 25.7. The van der Waals surface area contributed by atoms with Crippen LogP contribution in [-0.4, -0.2) is 20.4 Å². The standard InChI is InChI=1S/C38H40O4/c1-21-13-29(14-22(2)33(21)39)37(30-15-23(3)34(40)24(4)16-30)9-11-38(12-10-37,31-17-25(5)35(41)26(6)18-31)32-19-27(7)36(42)28(8)20-32/h9-20,39-42H,1-8H3. The number of allylic oxidation sites excluding steroid dienone is 4. The summed E-state index contributed by atoms with van der Waals surface area (Å²) in [6, 6.07) is 16.3. The van der Waals surface area contributed by atoms with Crippen molar-refractivity contribution in [3.63, 3.8) is 0 Å². The molecule has 0 bridgehead atoms. The second-order valence-corrected chi connectivity index (χ2v) is 12.2. The number of phenols is 4. The van der Waals surface area contributed by atoms with Gasteiger partial charge in [-0.3, -0.25) is 0 Å². The molecule has 0 amide bonds. The maximum atomic E-state index is 10.6. The van der Waals surface area contributed by atoms with Gasteiger partial charge in [0.2, 0.25) is 0 Å². The van der Waals surface area contributed by atoms with Crippen LogP contribution in [0.3, 0.4) is 0 Å². The van der Waals surface area contributed by atoms with Gasteiger partial charge >= 0.3 is 0 Å². The van der Waals surface area contributed by atoms with Gasteiger partial charge < -0.3 is 20.4 Å². The highest BCUT2D eigenvalue weighted by molar-refractivity contribution is 5.64. The average molecular weight is 561 g/mol. The van der Waals surface area contributed by atoms with E-state index in [1.165, 1.54) is 0 Å². The number of rotatable bonds is 4. The molecule has 0 saturated heterocycles. The van der Waals surface area contributed by atoms with Gasteiger partial charge in [0.25, 0.3) is 0 Å². The van der Waals surface area contributed by atoms with Crippen molar-refractivity contribution in [3.05, 3.63) is 140 Å². The number of hydrogen-bond donors (Lipinski definition) is 4. The molecular formula is C38H40O4. The Balaban J connectivity index is 1.85. The topological polar surface area (TPSA) is 80.9 Å². The lowest BCUT2D eigenvalue weighted by molar-refractivity contribution is 0.464. The molecule has 0 heterocycles. The van der Waals surface area contributed by atoms with Crippen LogP contribution in [0.2, 0.25) is 0 Å². The summed E-state index contributed by atoms with van der Waals surface area (Å²) in [5, 5.41) is 42.5. The maximum Gasteiger partial charge on any atom is 0.121 e. The Kier molecular flexibility index (Phi) is 7.01. The lowest BCUT2D eigenvalue weighted by Crippen LogP contribution is -2.33. The van der Waals surface area contributed by atoms with Crippen molar-refractivity contribution in [2.75, 3.05) is 0 Å². The number of aromatic hydroxyl groups is 4. The Morgan fingerprint density at radius 1 is 0.310 bits per heavy atom. The Bertz CT molecular complexity index is 1450. The van der Waals surface area contributed by atoms with E-state index in [0.29, 0.717) is 0 Å². The highest BCUT2D eigenvalue weighted by Gasteiger charge is 2.40. The van der Waals surface area contributed by atoms with E-state index in [4.69, 9.17) is 0 Å². The van der Waals surface area contributed by atoms with Crippen molar-refractivity contribution in [1.29, 1.82) is 0 Å². The summed E-state index contributed by atoms with van der Waals surface area (Å²) in [5.41, 5.74) is 9.05. The molecule has 0 unspecified atom stereocenters. The third kappa shape index (κ3) is 4.46. The first-order valence-corrected chi connectivity index (χ1v) is 14.3. The Morgan fingerprint density at radius 2 is 0.452 bits per heavy atom. The van der Waals surface area contributed by atoms with Crippen molar-refractivity contribution >= 4 is 0 Å². The van der Waals surface area contributed by atoms with Gasteiger partial charge in [-0.1, -0.05) is 72.8 Å². The van der Waals surface area contributed by atoms with Crippen LogP contribution in [0.4, 0.5) is 0 Å². The summed E-state index contributed by atoms with van der Waals surface area (Å²) in [7, 11) is 0. The maximum absolute atomic E-state index is 10.6. The van der Waals surface area contributed by atoms with Crippen LogP contribution in [-0.2, 0) is 10.8 Å². The van der Waals surface area contributed by atoms with Crippen LogP contribution >= 0.6 is 0 Å². The fourth-order valence-electron chi connectivity index (χ4n) is 6.52. The molecule has 0 aliphatic heterocycles. The van der Waals surface area contributed by atoms with E-state index in [1.807, 2.05) is 104 Å². The normalized spacial score (nSPS) is 15.2. The molecule has 216 valence electrons. The lowest BCUT2D eigenvalue weighted by Gasteiger charge is -2.40. The Morgan fingerprint density at radius 3 is 0.595 bits per heavy atom. The van der Waals surface area contributed by atoms with Gasteiger partial charge in [-0.25, -0.2) is 0 Å². The molecule has 5 rings (SSSR count). The fraction of sp³-hybridized carbons (Fsp3) is 0.263. The first-order valence-electron chi connectivity index (χ1n) is 14.3. The van der Waals surface area contributed by atoms with Crippen molar-refractivity contribution in [1.82, 2.24) is 0 Å². The average Bonchev–Trinajstić information content (AvgIpc) is 2.95. The van der Waals surface area contributed by atoms with Gasteiger partial charge in [0.15, 0.2) is 0 Å². The molecule has 4 aromatic rings. The largest absolute Gasteiger partial charge is 0.507 e. The van der Waals surface area contributed by atoms with E-state index in [1.54, 1.807) is 0 Å². The molecule has 0 atom stereocenters. The minimum atomic E-state index is -0.683. The van der Waals surface area contributed by atoms with Gasteiger partial charge in [-0.15, -0.1) is 0 Å². The molecule has 0 fully saturated rings. The Labute approximate surface area is 249 Å². The molecule has 4 nitrogen and oxygen atoms in total. The summed E-state index contributed by atoms with van der Waals surface area (Å²) < 4.78 is 0. The van der Waals surface area contributed by atoms with Crippen molar-refractivity contribution < 1.29 is 20.4 Å². The lowest BCUT2D eigenvalue weighted by atomic mass is 9.63. The molecule has 4 aromatic carbocycles. The second-order valence-electron chi connectivity index (χ2n) is 12.2. The molecule has 0 spiro atoms. The van der Waals surface area contributed by atoms with Crippen LogP contribution in [0.25, 0.3) is 0 Å². The van der Waals surface area contributed by atoms with E-state index in [-0.39, 0.29) is 23.0 Å². The monoisotopic (exact) mass is 560 g/mol. The first-order chi connectivity index (χ1) is 19.7. The molecule has 0 aromatic heterocycles. The van der Waals surface area contributed by atoms with Gasteiger partial charge in [-0.05, 0) is 122 Å². The van der Waals surface area contributed by atoms with Crippen LogP contribution in [0.5, 0.6) is 23.0 Å². The summed E-state index contributed by atoms with van der Waals surface area (Å²) in [6.07, 6.45) is 8.88. The highest BCUT2D eigenvalue weighted by atomic mass is 16.3. The predicted molar refractivity (Wildman–Crippen MR) is 170 cm³/mol. The van der Waals surface area contributed by atoms with Gasteiger partial charge in [0.05, 0.1) is 10.8 Å². The van der Waals surface area contributed by atoms with Crippen LogP contribution in [0.1, 0.15) is 66.8 Å². The molecule has 42 heavy (non-hydrogen) atoms. The van der Waals surface area contributed by atoms with E-state index in [0.717, 1.165) is 66.8 Å². The number of hydrogen-bond acceptors (Lipinski definition) is 4. The molecule has 1 aliphatic rings. The minimum Gasteiger partial charge on any atom is -0.507 e. The first kappa shape index (κ1) is 29.1. The zero-order valence-electron chi connectivity index (χ0n) is 25.7. The smallest absolute Gasteiger partial charge is 0.121 e. The van der Waals surface area contributed by atoms with Crippen LogP contribution in [0.15, 0.2) is 72.8 Å². The van der Waals surface area contributed by atoms with E-state index >= 15 is 0 Å². The van der Waals surface area contributed by atoms with Gasteiger partial charge in [0, 0.05) is 0 Å². The molecule has 1 aliphatic carbocycles. The molecular weight excluding hydrogens is 520 g/mol. The van der Waals surface area contributed by atoms with Crippen molar-refractivity contribution in [2.45, 2.75) is 66.2 Å². The molecule has 4 N–H and O–H groups in total. The van der Waals surface area contributed by atoms with E-state index in [9.17, 15) is 20.4 Å². The minimum absolute atomic E-state index is 0.287. The van der Waals surface area contributed by atoms with E-state index in [2.05, 4.69) is 24.3 Å². The van der Waals surface area contributed by atoms with Gasteiger partial charge in [-0.2, -0.15) is 0 Å². The van der Waals surface area contributed by atoms with E-state index < -0.39 is 10.8 Å².